The van der Waals surface area contributed by atoms with Crippen molar-refractivity contribution in [2.24, 2.45) is 5.73 Å². The molecule has 1 aliphatic carbocycles. The number of hydrogen-bond donors (Lipinski definition) is 3. The number of aryl methyl sites for hydroxylation is 1. The summed E-state index contributed by atoms with van der Waals surface area (Å²) in [6.45, 7) is 2.31. The molecule has 0 spiro atoms. The molecule has 2 rings (SSSR count). The zero-order valence-corrected chi connectivity index (χ0v) is 10.4. The largest absolute Gasteiger partial charge is 0.335 e. The summed E-state index contributed by atoms with van der Waals surface area (Å²) in [5.74, 6) is 5.81. The molecule has 1 saturated carbocycles. The molecule has 0 bridgehead atoms. The second kappa shape index (κ2) is 5.56. The molecule has 94 valence electrons. The fraction of sp³-hybridized carbons (Fsp3) is 0.357. The SMILES string of the molecule is Cc1ccc(NC(=O)NC2CC2)cc1C#CCN. The summed E-state index contributed by atoms with van der Waals surface area (Å²) in [6, 6.07) is 5.87. The Kier molecular flexibility index (Phi) is 3.85. The summed E-state index contributed by atoms with van der Waals surface area (Å²) in [5.41, 5.74) is 8.07. The van der Waals surface area contributed by atoms with Crippen LogP contribution in [0.15, 0.2) is 18.2 Å². The van der Waals surface area contributed by atoms with Crippen molar-refractivity contribution in [1.29, 1.82) is 0 Å². The average molecular weight is 243 g/mol. The van der Waals surface area contributed by atoms with E-state index in [4.69, 9.17) is 5.73 Å². The minimum atomic E-state index is -0.154. The second-order valence-corrected chi connectivity index (χ2v) is 4.41. The maximum Gasteiger partial charge on any atom is 0.319 e. The summed E-state index contributed by atoms with van der Waals surface area (Å²) in [4.78, 5) is 11.6. The van der Waals surface area contributed by atoms with Crippen LogP contribution in [0.25, 0.3) is 0 Å². The van der Waals surface area contributed by atoms with Crippen molar-refractivity contribution in [2.45, 2.75) is 25.8 Å². The lowest BCUT2D eigenvalue weighted by molar-refractivity contribution is 0.251. The molecule has 1 aromatic carbocycles. The molecule has 0 aliphatic heterocycles. The Morgan fingerprint density at radius 3 is 2.94 bits per heavy atom. The number of rotatable bonds is 2. The summed E-state index contributed by atoms with van der Waals surface area (Å²) in [6.07, 6.45) is 2.16. The minimum absolute atomic E-state index is 0.154. The minimum Gasteiger partial charge on any atom is -0.335 e. The third kappa shape index (κ3) is 3.51. The summed E-state index contributed by atoms with van der Waals surface area (Å²) < 4.78 is 0. The van der Waals surface area contributed by atoms with Crippen LogP contribution in [-0.4, -0.2) is 18.6 Å². The van der Waals surface area contributed by atoms with Gasteiger partial charge in [-0.1, -0.05) is 17.9 Å². The van der Waals surface area contributed by atoms with Gasteiger partial charge in [0, 0.05) is 17.3 Å². The molecule has 0 aromatic heterocycles. The number of nitrogens with two attached hydrogens (primary N) is 1. The van der Waals surface area contributed by atoms with Crippen LogP contribution < -0.4 is 16.4 Å². The zero-order valence-electron chi connectivity index (χ0n) is 10.4. The quantitative estimate of drug-likeness (QED) is 0.690. The fourth-order valence-electron chi connectivity index (χ4n) is 1.56. The maximum atomic E-state index is 11.6. The van der Waals surface area contributed by atoms with Crippen LogP contribution >= 0.6 is 0 Å². The Labute approximate surface area is 107 Å². The van der Waals surface area contributed by atoms with E-state index in [1.165, 1.54) is 0 Å². The molecular weight excluding hydrogens is 226 g/mol. The van der Waals surface area contributed by atoms with Crippen molar-refractivity contribution in [3.8, 4) is 11.8 Å². The second-order valence-electron chi connectivity index (χ2n) is 4.41. The Balaban J connectivity index is 2.05. The molecule has 0 saturated heterocycles. The highest BCUT2D eigenvalue weighted by Gasteiger charge is 2.23. The third-order valence-corrected chi connectivity index (χ3v) is 2.73. The lowest BCUT2D eigenvalue weighted by atomic mass is 10.1. The first-order valence-corrected chi connectivity index (χ1v) is 6.06. The van der Waals surface area contributed by atoms with Crippen LogP contribution in [0.4, 0.5) is 10.5 Å². The Morgan fingerprint density at radius 1 is 1.50 bits per heavy atom. The predicted molar refractivity (Wildman–Crippen MR) is 72.3 cm³/mol. The lowest BCUT2D eigenvalue weighted by Crippen LogP contribution is -2.30. The zero-order chi connectivity index (χ0) is 13.0. The van der Waals surface area contributed by atoms with Crippen LogP contribution in [0, 0.1) is 18.8 Å². The van der Waals surface area contributed by atoms with Gasteiger partial charge in [-0.25, -0.2) is 4.79 Å². The van der Waals surface area contributed by atoms with Gasteiger partial charge in [0.15, 0.2) is 0 Å². The molecule has 0 heterocycles. The van der Waals surface area contributed by atoms with Gasteiger partial charge in [0.1, 0.15) is 0 Å². The first-order valence-electron chi connectivity index (χ1n) is 6.06. The number of carbonyl (C=O) groups is 1. The lowest BCUT2D eigenvalue weighted by Gasteiger charge is -2.08. The van der Waals surface area contributed by atoms with Crippen molar-refractivity contribution in [1.82, 2.24) is 5.32 Å². The van der Waals surface area contributed by atoms with Crippen LogP contribution in [-0.2, 0) is 0 Å². The van der Waals surface area contributed by atoms with Gasteiger partial charge in [-0.15, -0.1) is 0 Å². The molecule has 18 heavy (non-hydrogen) atoms. The number of benzene rings is 1. The standard InChI is InChI=1S/C14H17N3O/c1-10-4-5-13(9-11(10)3-2-8-15)17-14(18)16-12-6-7-12/h4-5,9,12H,6-8,15H2,1H3,(H2,16,17,18). The topological polar surface area (TPSA) is 67.2 Å². The van der Waals surface area contributed by atoms with E-state index < -0.39 is 0 Å². The van der Waals surface area contributed by atoms with Crippen molar-refractivity contribution < 1.29 is 4.79 Å². The Hall–Kier alpha value is -1.99. The van der Waals surface area contributed by atoms with Crippen molar-refractivity contribution in [3.05, 3.63) is 29.3 Å². The number of anilines is 1. The predicted octanol–water partition coefficient (Wildman–Crippen LogP) is 1.59. The fourth-order valence-corrected chi connectivity index (χ4v) is 1.56. The molecule has 4 N–H and O–H groups in total. The highest BCUT2D eigenvalue weighted by Crippen LogP contribution is 2.19. The molecule has 4 heteroatoms. The third-order valence-electron chi connectivity index (χ3n) is 2.73. The number of hydrogen-bond acceptors (Lipinski definition) is 2. The normalized spacial score (nSPS) is 13.4. The number of urea groups is 1. The number of carbonyl (C=O) groups excluding carboxylic acids is 1. The van der Waals surface area contributed by atoms with Gasteiger partial charge in [-0.2, -0.15) is 0 Å². The van der Waals surface area contributed by atoms with Crippen molar-refractivity contribution >= 4 is 11.7 Å². The van der Waals surface area contributed by atoms with Crippen LogP contribution in [0.1, 0.15) is 24.0 Å². The first kappa shape index (κ1) is 12.5. The molecule has 4 nitrogen and oxygen atoms in total. The van der Waals surface area contributed by atoms with Gasteiger partial charge >= 0.3 is 6.03 Å². The molecule has 0 atom stereocenters. The van der Waals surface area contributed by atoms with Gasteiger partial charge < -0.3 is 16.4 Å². The molecule has 1 aliphatic rings. The number of amides is 2. The van der Waals surface area contributed by atoms with E-state index in [1.54, 1.807) is 0 Å². The summed E-state index contributed by atoms with van der Waals surface area (Å²) in [5, 5.41) is 5.68. The molecule has 0 radical (unpaired) electrons. The Morgan fingerprint density at radius 2 is 2.28 bits per heavy atom. The van der Waals surface area contributed by atoms with E-state index in [1.807, 2.05) is 25.1 Å². The van der Waals surface area contributed by atoms with Crippen LogP contribution in [0.5, 0.6) is 0 Å². The van der Waals surface area contributed by atoms with E-state index in [9.17, 15) is 4.79 Å². The van der Waals surface area contributed by atoms with Gasteiger partial charge in [0.2, 0.25) is 0 Å². The van der Waals surface area contributed by atoms with Gasteiger partial charge in [0.25, 0.3) is 0 Å². The summed E-state index contributed by atoms with van der Waals surface area (Å²) >= 11 is 0. The highest BCUT2D eigenvalue weighted by molar-refractivity contribution is 5.89. The molecular formula is C14H17N3O. The van der Waals surface area contributed by atoms with Crippen molar-refractivity contribution in [3.63, 3.8) is 0 Å². The smallest absolute Gasteiger partial charge is 0.319 e. The molecule has 0 unspecified atom stereocenters. The van der Waals surface area contributed by atoms with E-state index in [2.05, 4.69) is 22.5 Å². The van der Waals surface area contributed by atoms with E-state index >= 15 is 0 Å². The maximum absolute atomic E-state index is 11.6. The van der Waals surface area contributed by atoms with E-state index in [0.717, 1.165) is 29.7 Å². The van der Waals surface area contributed by atoms with E-state index in [-0.39, 0.29) is 6.03 Å². The highest BCUT2D eigenvalue weighted by atomic mass is 16.2. The molecule has 2 amide bonds. The summed E-state index contributed by atoms with van der Waals surface area (Å²) in [7, 11) is 0. The monoisotopic (exact) mass is 243 g/mol. The molecule has 1 fully saturated rings. The van der Waals surface area contributed by atoms with Gasteiger partial charge in [0.05, 0.1) is 6.54 Å². The first-order chi connectivity index (χ1) is 8.69. The van der Waals surface area contributed by atoms with Crippen LogP contribution in [0.2, 0.25) is 0 Å². The molecule has 1 aromatic rings. The average Bonchev–Trinajstić information content (AvgIpc) is 3.13. The van der Waals surface area contributed by atoms with Crippen LogP contribution in [0.3, 0.4) is 0 Å². The Bertz CT molecular complexity index is 510. The van der Waals surface area contributed by atoms with Gasteiger partial charge in [-0.05, 0) is 37.5 Å². The number of nitrogens with one attached hydrogen (secondary N) is 2. The van der Waals surface area contributed by atoms with E-state index in [0.29, 0.717) is 12.6 Å². The van der Waals surface area contributed by atoms with Gasteiger partial charge in [-0.3, -0.25) is 0 Å². The van der Waals surface area contributed by atoms with Crippen molar-refractivity contribution in [2.75, 3.05) is 11.9 Å².